The largest absolute Gasteiger partial charge is 0.457 e. The quantitative estimate of drug-likeness (QED) is 0.799. The molecule has 72 valence electrons. The molecule has 0 atom stereocenters. The van der Waals surface area contributed by atoms with Gasteiger partial charge in [-0.3, -0.25) is 4.79 Å². The van der Waals surface area contributed by atoms with Gasteiger partial charge in [0.05, 0.1) is 5.56 Å². The molecule has 0 aromatic carbocycles. The number of thiophene rings is 1. The van der Waals surface area contributed by atoms with Crippen LogP contribution in [0.4, 0.5) is 0 Å². The Kier molecular flexibility index (Phi) is 2.84. The van der Waals surface area contributed by atoms with Gasteiger partial charge in [-0.25, -0.2) is 0 Å². The minimum absolute atomic E-state index is 0.0813. The van der Waals surface area contributed by atoms with Gasteiger partial charge in [-0.05, 0) is 38.3 Å². The van der Waals surface area contributed by atoms with Crippen LogP contribution in [0.5, 0.6) is 0 Å². The topological polar surface area (TPSA) is 30.2 Å². The van der Waals surface area contributed by atoms with Gasteiger partial charge in [-0.15, -0.1) is 0 Å². The van der Waals surface area contributed by atoms with Gasteiger partial charge < -0.3 is 4.42 Å². The minimum atomic E-state index is 0.0813. The zero-order chi connectivity index (χ0) is 9.97. The van der Waals surface area contributed by atoms with Crippen molar-refractivity contribution in [2.24, 2.45) is 0 Å². The molecule has 0 bridgehead atoms. The van der Waals surface area contributed by atoms with E-state index in [1.54, 1.807) is 17.4 Å². The Balaban J connectivity index is 2.10. The summed E-state index contributed by atoms with van der Waals surface area (Å²) in [7, 11) is 0. The Bertz CT molecular complexity index is 431. The van der Waals surface area contributed by atoms with Crippen molar-refractivity contribution in [1.29, 1.82) is 0 Å². The molecule has 2 rings (SSSR count). The van der Waals surface area contributed by atoms with Crippen LogP contribution in [0.25, 0.3) is 0 Å². The van der Waals surface area contributed by atoms with Crippen molar-refractivity contribution >= 4 is 33.0 Å². The fraction of sp³-hybridized carbons (Fsp3) is 0.100. The predicted octanol–water partition coefficient (Wildman–Crippen LogP) is 3.53. The maximum Gasteiger partial charge on any atom is 0.170 e. The van der Waals surface area contributed by atoms with Crippen LogP contribution in [0.1, 0.15) is 15.9 Å². The van der Waals surface area contributed by atoms with Crippen molar-refractivity contribution < 1.29 is 9.21 Å². The highest BCUT2D eigenvalue weighted by atomic mass is 79.9. The SMILES string of the molecule is O=C(Cc1ccsc1)c1coc(Br)c1. The van der Waals surface area contributed by atoms with E-state index in [1.165, 1.54) is 6.26 Å². The lowest BCUT2D eigenvalue weighted by atomic mass is 10.1. The molecule has 2 nitrogen and oxygen atoms in total. The zero-order valence-corrected chi connectivity index (χ0v) is 9.60. The molecule has 0 spiro atoms. The maximum absolute atomic E-state index is 11.6. The molecule has 2 aromatic heterocycles. The van der Waals surface area contributed by atoms with Gasteiger partial charge in [-0.1, -0.05) is 0 Å². The van der Waals surface area contributed by atoms with E-state index in [1.807, 2.05) is 16.8 Å². The number of furan rings is 1. The minimum Gasteiger partial charge on any atom is -0.457 e. The highest BCUT2D eigenvalue weighted by molar-refractivity contribution is 9.10. The molecule has 0 amide bonds. The molecule has 0 aliphatic heterocycles. The van der Waals surface area contributed by atoms with E-state index in [9.17, 15) is 4.79 Å². The Morgan fingerprint density at radius 2 is 2.43 bits per heavy atom. The molecule has 0 radical (unpaired) electrons. The number of hydrogen-bond donors (Lipinski definition) is 0. The molecule has 0 aliphatic rings. The lowest BCUT2D eigenvalue weighted by Gasteiger charge is -1.93. The van der Waals surface area contributed by atoms with Crippen LogP contribution in [0.15, 0.2) is 38.2 Å². The number of carbonyl (C=O) groups is 1. The second-order valence-electron chi connectivity index (χ2n) is 2.87. The first-order valence-electron chi connectivity index (χ1n) is 4.04. The molecular formula is C10H7BrO2S. The van der Waals surface area contributed by atoms with Gasteiger partial charge in [0.25, 0.3) is 0 Å². The van der Waals surface area contributed by atoms with Gasteiger partial charge in [0, 0.05) is 12.5 Å². The maximum atomic E-state index is 11.6. The van der Waals surface area contributed by atoms with Crippen LogP contribution in [-0.4, -0.2) is 5.78 Å². The lowest BCUT2D eigenvalue weighted by molar-refractivity contribution is 0.0992. The van der Waals surface area contributed by atoms with E-state index >= 15 is 0 Å². The molecule has 0 N–H and O–H groups in total. The number of hydrogen-bond acceptors (Lipinski definition) is 3. The third-order valence-corrected chi connectivity index (χ3v) is 2.98. The fourth-order valence-electron chi connectivity index (χ4n) is 1.14. The summed E-state index contributed by atoms with van der Waals surface area (Å²) >= 11 is 4.76. The van der Waals surface area contributed by atoms with Gasteiger partial charge >= 0.3 is 0 Å². The number of Topliss-reactive ketones (excluding diaryl/α,β-unsaturated/α-hetero) is 1. The molecule has 0 fully saturated rings. The van der Waals surface area contributed by atoms with Crippen molar-refractivity contribution in [2.45, 2.75) is 6.42 Å². The molecule has 2 aromatic rings. The Morgan fingerprint density at radius 3 is 3.00 bits per heavy atom. The van der Waals surface area contributed by atoms with Gasteiger partial charge in [0.2, 0.25) is 0 Å². The summed E-state index contributed by atoms with van der Waals surface area (Å²) in [5.74, 6) is 0.0813. The van der Waals surface area contributed by atoms with Crippen LogP contribution in [0.3, 0.4) is 0 Å². The molecule has 4 heteroatoms. The van der Waals surface area contributed by atoms with E-state index in [0.717, 1.165) is 5.56 Å². The monoisotopic (exact) mass is 270 g/mol. The fourth-order valence-corrected chi connectivity index (χ4v) is 2.15. The zero-order valence-electron chi connectivity index (χ0n) is 7.20. The smallest absolute Gasteiger partial charge is 0.170 e. The first-order chi connectivity index (χ1) is 6.75. The molecule has 0 saturated carbocycles. The average Bonchev–Trinajstić information content (AvgIpc) is 2.75. The Hall–Kier alpha value is -0.870. The van der Waals surface area contributed by atoms with Gasteiger partial charge in [0.15, 0.2) is 10.5 Å². The lowest BCUT2D eigenvalue weighted by Crippen LogP contribution is -2.00. The molecule has 2 heterocycles. The summed E-state index contributed by atoms with van der Waals surface area (Å²) in [6.07, 6.45) is 1.91. The van der Waals surface area contributed by atoms with Crippen molar-refractivity contribution in [3.8, 4) is 0 Å². The standard InChI is InChI=1S/C10H7BrO2S/c11-10-4-8(5-13-10)9(12)3-7-1-2-14-6-7/h1-2,4-6H,3H2. The van der Waals surface area contributed by atoms with Gasteiger partial charge in [0.1, 0.15) is 6.26 Å². The average molecular weight is 271 g/mol. The van der Waals surface area contributed by atoms with Crippen LogP contribution in [0.2, 0.25) is 0 Å². The third kappa shape index (κ3) is 2.13. The Labute approximate surface area is 93.7 Å². The van der Waals surface area contributed by atoms with Gasteiger partial charge in [-0.2, -0.15) is 11.3 Å². The highest BCUT2D eigenvalue weighted by Gasteiger charge is 2.09. The summed E-state index contributed by atoms with van der Waals surface area (Å²) in [5.41, 5.74) is 1.67. The van der Waals surface area contributed by atoms with Crippen molar-refractivity contribution in [1.82, 2.24) is 0 Å². The van der Waals surface area contributed by atoms with Crippen LogP contribution >= 0.6 is 27.3 Å². The van der Waals surface area contributed by atoms with Crippen LogP contribution in [-0.2, 0) is 6.42 Å². The summed E-state index contributed by atoms with van der Waals surface area (Å²) in [6.45, 7) is 0. The molecule has 0 unspecified atom stereocenters. The summed E-state index contributed by atoms with van der Waals surface area (Å²) < 4.78 is 5.59. The molecule has 0 saturated heterocycles. The predicted molar refractivity (Wildman–Crippen MR) is 58.8 cm³/mol. The number of ketones is 1. The second kappa shape index (κ2) is 4.11. The van der Waals surface area contributed by atoms with Crippen LogP contribution in [0, 0.1) is 0 Å². The number of carbonyl (C=O) groups excluding carboxylic acids is 1. The second-order valence-corrected chi connectivity index (χ2v) is 4.43. The number of halogens is 1. The van der Waals surface area contributed by atoms with E-state index in [0.29, 0.717) is 16.7 Å². The summed E-state index contributed by atoms with van der Waals surface area (Å²) in [4.78, 5) is 11.6. The van der Waals surface area contributed by atoms with Crippen molar-refractivity contribution in [2.75, 3.05) is 0 Å². The molecule has 0 aliphatic carbocycles. The van der Waals surface area contributed by atoms with E-state index in [4.69, 9.17) is 4.42 Å². The normalized spacial score (nSPS) is 10.4. The summed E-state index contributed by atoms with van der Waals surface area (Å²) in [6, 6.07) is 3.65. The van der Waals surface area contributed by atoms with E-state index < -0.39 is 0 Å². The van der Waals surface area contributed by atoms with E-state index in [2.05, 4.69) is 15.9 Å². The summed E-state index contributed by atoms with van der Waals surface area (Å²) in [5, 5.41) is 3.95. The third-order valence-electron chi connectivity index (χ3n) is 1.83. The van der Waals surface area contributed by atoms with Crippen molar-refractivity contribution in [3.05, 3.63) is 45.0 Å². The first kappa shape index (κ1) is 9.68. The highest BCUT2D eigenvalue weighted by Crippen LogP contribution is 2.16. The first-order valence-corrected chi connectivity index (χ1v) is 5.77. The number of rotatable bonds is 3. The Morgan fingerprint density at radius 1 is 1.57 bits per heavy atom. The van der Waals surface area contributed by atoms with E-state index in [-0.39, 0.29) is 5.78 Å². The molecule has 14 heavy (non-hydrogen) atoms. The molecular weight excluding hydrogens is 264 g/mol. The van der Waals surface area contributed by atoms with Crippen molar-refractivity contribution in [3.63, 3.8) is 0 Å². The van der Waals surface area contributed by atoms with Crippen LogP contribution < -0.4 is 0 Å².